The molecule has 1 N–H and O–H groups in total. The molecule has 34 heavy (non-hydrogen) atoms. The number of nitrogens with one attached hydrogen (secondary N) is 1. The number of likely N-dealkylation sites (N-methyl/N-ethyl adjacent to an activating group) is 1. The van der Waals surface area contributed by atoms with Crippen molar-refractivity contribution in [1.82, 2.24) is 19.6 Å². The predicted molar refractivity (Wildman–Crippen MR) is 143 cm³/mol. The van der Waals surface area contributed by atoms with Gasteiger partial charge in [0, 0.05) is 38.2 Å². The third-order valence-corrected chi connectivity index (χ3v) is 6.24. The molecule has 3 rings (SSSR count). The summed E-state index contributed by atoms with van der Waals surface area (Å²) in [6.07, 6.45) is 8.75. The number of hydrogen-bond acceptors (Lipinski definition) is 4. The summed E-state index contributed by atoms with van der Waals surface area (Å²) >= 11 is 1.51. The molecule has 0 spiro atoms. The van der Waals surface area contributed by atoms with E-state index in [9.17, 15) is 9.59 Å². The van der Waals surface area contributed by atoms with Crippen molar-refractivity contribution in [2.75, 3.05) is 13.6 Å². The van der Waals surface area contributed by atoms with Crippen molar-refractivity contribution in [1.29, 1.82) is 0 Å². The van der Waals surface area contributed by atoms with Gasteiger partial charge in [0.05, 0.1) is 5.69 Å². The lowest BCUT2D eigenvalue weighted by atomic mass is 10.0. The summed E-state index contributed by atoms with van der Waals surface area (Å²) < 4.78 is 1.86. The second-order valence-corrected chi connectivity index (χ2v) is 8.65. The van der Waals surface area contributed by atoms with Crippen molar-refractivity contribution in [2.24, 2.45) is 0 Å². The van der Waals surface area contributed by atoms with Crippen LogP contribution < -0.4 is 5.32 Å². The fourth-order valence-electron chi connectivity index (χ4n) is 3.61. The number of nitrogens with zero attached hydrogens (tertiary/aromatic N) is 3. The molecule has 1 atom stereocenters. The first-order valence-corrected chi connectivity index (χ1v) is 12.6. The fourth-order valence-corrected chi connectivity index (χ4v) is 4.37. The Bertz CT molecular complexity index is 1130. The van der Waals surface area contributed by atoms with Crippen LogP contribution in [0.4, 0.5) is 0 Å². The van der Waals surface area contributed by atoms with Gasteiger partial charge in [0.2, 0.25) is 5.91 Å². The van der Waals surface area contributed by atoms with E-state index < -0.39 is 0 Å². The molecular formula is C27H38N4O2S. The molecule has 0 unspecified atom stereocenters. The van der Waals surface area contributed by atoms with Gasteiger partial charge in [-0.2, -0.15) is 0 Å². The van der Waals surface area contributed by atoms with Crippen LogP contribution in [-0.4, -0.2) is 45.7 Å². The van der Waals surface area contributed by atoms with E-state index in [1.807, 2.05) is 81.1 Å². The molecule has 1 aromatic carbocycles. The average Bonchev–Trinajstić information content (AvgIpc) is 3.42. The third-order valence-electron chi connectivity index (χ3n) is 5.48. The number of benzene rings is 1. The lowest BCUT2D eigenvalue weighted by molar-refractivity contribution is -0.117. The zero-order valence-electron chi connectivity index (χ0n) is 21.0. The molecule has 0 saturated carbocycles. The predicted octanol–water partition coefficient (Wildman–Crippen LogP) is 5.69. The third kappa shape index (κ3) is 6.90. The van der Waals surface area contributed by atoms with Crippen LogP contribution in [0.2, 0.25) is 0 Å². The summed E-state index contributed by atoms with van der Waals surface area (Å²) in [7, 11) is 1.83. The van der Waals surface area contributed by atoms with Crippen LogP contribution in [0.3, 0.4) is 0 Å². The van der Waals surface area contributed by atoms with Gasteiger partial charge in [0.25, 0.3) is 5.91 Å². The average molecular weight is 483 g/mol. The number of aryl methyl sites for hydroxylation is 1. The lowest BCUT2D eigenvalue weighted by Gasteiger charge is -2.29. The summed E-state index contributed by atoms with van der Waals surface area (Å²) in [5.41, 5.74) is 3.13. The van der Waals surface area contributed by atoms with E-state index >= 15 is 0 Å². The first kappa shape index (κ1) is 27.1. The normalized spacial score (nSPS) is 12.4. The minimum atomic E-state index is -0.0952. The highest BCUT2D eigenvalue weighted by Gasteiger charge is 2.26. The molecule has 3 aromatic rings. The van der Waals surface area contributed by atoms with Gasteiger partial charge in [-0.05, 0) is 39.2 Å². The van der Waals surface area contributed by atoms with E-state index in [0.29, 0.717) is 30.7 Å². The molecule has 0 aliphatic carbocycles. The van der Waals surface area contributed by atoms with Crippen LogP contribution in [0, 0.1) is 6.92 Å². The molecule has 7 heteroatoms. The molecule has 0 aliphatic heterocycles. The molecule has 184 valence electrons. The van der Waals surface area contributed by atoms with E-state index in [2.05, 4.69) is 22.4 Å². The Kier molecular flexibility index (Phi) is 10.7. The molecule has 0 bridgehead atoms. The van der Waals surface area contributed by atoms with Crippen molar-refractivity contribution in [2.45, 2.75) is 53.5 Å². The van der Waals surface area contributed by atoms with Crippen molar-refractivity contribution in [3.8, 4) is 0 Å². The topological polar surface area (TPSA) is 66.7 Å². The van der Waals surface area contributed by atoms with Crippen LogP contribution in [0.5, 0.6) is 0 Å². The van der Waals surface area contributed by atoms with Crippen molar-refractivity contribution < 1.29 is 11.0 Å². The number of thiazole rings is 1. The van der Waals surface area contributed by atoms with Gasteiger partial charge in [-0.15, -0.1) is 11.3 Å². The van der Waals surface area contributed by atoms with E-state index in [1.165, 1.54) is 11.3 Å². The summed E-state index contributed by atoms with van der Waals surface area (Å²) in [4.78, 5) is 32.9. The molecule has 2 aromatic heterocycles. The van der Waals surface area contributed by atoms with Crippen LogP contribution in [0.15, 0.2) is 65.7 Å². The molecule has 0 fully saturated rings. The Labute approximate surface area is 208 Å². The number of hydrogen-bond donors (Lipinski definition) is 1. The second-order valence-electron chi connectivity index (χ2n) is 7.78. The number of imidazole rings is 1. The number of allylic oxidation sites excluding steroid dienone is 3. The number of amides is 2. The number of carbonyl (C=O) groups is 2. The minimum Gasteiger partial charge on any atom is -0.352 e. The van der Waals surface area contributed by atoms with Crippen molar-refractivity contribution in [3.63, 3.8) is 0 Å². The van der Waals surface area contributed by atoms with Crippen LogP contribution in [0.25, 0.3) is 4.96 Å². The Balaban J connectivity index is 0.00000199. The quantitative estimate of drug-likeness (QED) is 0.315. The van der Waals surface area contributed by atoms with E-state index in [0.717, 1.165) is 16.2 Å². The van der Waals surface area contributed by atoms with E-state index in [1.54, 1.807) is 17.9 Å². The molecule has 2 amide bonds. The number of carbonyl (C=O) groups excluding carboxylic acids is 2. The Morgan fingerprint density at radius 2 is 1.97 bits per heavy atom. The molecule has 2 heterocycles. The number of rotatable bonds is 9. The van der Waals surface area contributed by atoms with Gasteiger partial charge in [0.1, 0.15) is 5.69 Å². The van der Waals surface area contributed by atoms with Crippen molar-refractivity contribution in [3.05, 3.63) is 82.7 Å². The molecule has 6 nitrogen and oxygen atoms in total. The van der Waals surface area contributed by atoms with Gasteiger partial charge in [-0.3, -0.25) is 14.0 Å². The molecule has 0 aliphatic rings. The zero-order chi connectivity index (χ0) is 25.1. The maximum absolute atomic E-state index is 13.5. The summed E-state index contributed by atoms with van der Waals surface area (Å²) in [5, 5.41) is 4.91. The Hall–Kier alpha value is -3.19. The second kappa shape index (κ2) is 13.5. The Morgan fingerprint density at radius 3 is 2.65 bits per heavy atom. The first-order chi connectivity index (χ1) is 16.4. The highest BCUT2D eigenvalue weighted by atomic mass is 32.1. The van der Waals surface area contributed by atoms with Gasteiger partial charge in [-0.1, -0.05) is 62.4 Å². The highest BCUT2D eigenvalue weighted by molar-refractivity contribution is 7.15. The van der Waals surface area contributed by atoms with Gasteiger partial charge >= 0.3 is 0 Å². The monoisotopic (exact) mass is 482 g/mol. The van der Waals surface area contributed by atoms with Crippen LogP contribution >= 0.6 is 11.3 Å². The van der Waals surface area contributed by atoms with Gasteiger partial charge in [-0.25, -0.2) is 4.98 Å². The zero-order valence-corrected chi connectivity index (χ0v) is 21.9. The molecule has 0 saturated heterocycles. The minimum absolute atomic E-state index is 0. The molecular weight excluding hydrogens is 444 g/mol. The van der Waals surface area contributed by atoms with Crippen molar-refractivity contribution >= 4 is 28.1 Å². The first-order valence-electron chi connectivity index (χ1n) is 11.7. The standard InChI is InChI=1S/C25H30N4O2S.C2H6.H2/c1-5-6-10-18(2)23(30)26-14-13-21(17-20-11-8-7-9-12-20)28(4)24(31)22-19(3)27-25-29(22)15-16-32-25;1-2;/h5-12,15-16,21H,13-14,17H2,1-4H3,(H,26,30);1-2H3;1H/b6-5-,18-10+;;/t21-;;/m1../s1. The number of aromatic nitrogens is 2. The van der Waals surface area contributed by atoms with Gasteiger partial charge < -0.3 is 10.2 Å². The maximum Gasteiger partial charge on any atom is 0.272 e. The maximum atomic E-state index is 13.5. The van der Waals surface area contributed by atoms with E-state index in [-0.39, 0.29) is 19.3 Å². The lowest BCUT2D eigenvalue weighted by Crippen LogP contribution is -2.41. The Morgan fingerprint density at radius 1 is 1.26 bits per heavy atom. The fraction of sp³-hybridized carbons (Fsp3) is 0.370. The highest BCUT2D eigenvalue weighted by Crippen LogP contribution is 2.20. The van der Waals surface area contributed by atoms with Crippen LogP contribution in [-0.2, 0) is 11.2 Å². The van der Waals surface area contributed by atoms with E-state index in [4.69, 9.17) is 0 Å². The molecule has 0 radical (unpaired) electrons. The number of fused-ring (bicyclic) bond motifs is 1. The summed E-state index contributed by atoms with van der Waals surface area (Å²) in [5.74, 6) is -0.160. The van der Waals surface area contributed by atoms with Gasteiger partial charge in [0.15, 0.2) is 4.96 Å². The smallest absolute Gasteiger partial charge is 0.272 e. The van der Waals surface area contributed by atoms with Crippen LogP contribution in [0.1, 0.15) is 57.3 Å². The summed E-state index contributed by atoms with van der Waals surface area (Å²) in [6.45, 7) is 10.1. The largest absolute Gasteiger partial charge is 0.352 e. The SMILES string of the molecule is C/C=C\C=C(/C)C(=O)NCC[C@H](Cc1ccccc1)N(C)C(=O)c1c(C)nc2sccn12.CC.[HH]. The summed E-state index contributed by atoms with van der Waals surface area (Å²) in [6, 6.07) is 10.0.